The highest BCUT2D eigenvalue weighted by Gasteiger charge is 2.22. The van der Waals surface area contributed by atoms with Crippen LogP contribution >= 0.6 is 11.6 Å². The molecule has 1 aromatic rings. The molecular formula is C9H10ClOS+. The van der Waals surface area contributed by atoms with E-state index in [0.717, 1.165) is 11.1 Å². The minimum atomic E-state index is -0.0706. The largest absolute Gasteiger partial charge is 0.466 e. The molecule has 1 nitrogen and oxygen atoms in total. The van der Waals surface area contributed by atoms with Gasteiger partial charge in [0.05, 0.1) is 0 Å². The summed E-state index contributed by atoms with van der Waals surface area (Å²) in [7, 11) is 0. The van der Waals surface area contributed by atoms with Crippen LogP contribution < -0.4 is 0 Å². The topological polar surface area (TPSA) is 17.1 Å². The van der Waals surface area contributed by atoms with E-state index in [-0.39, 0.29) is 5.25 Å². The van der Waals surface area contributed by atoms with E-state index in [0.29, 0.717) is 16.7 Å². The van der Waals surface area contributed by atoms with Crippen molar-refractivity contribution in [1.82, 2.24) is 0 Å². The number of aryl methyl sites for hydroxylation is 1. The van der Waals surface area contributed by atoms with Crippen molar-refractivity contribution in [2.24, 2.45) is 0 Å². The number of hydrogen-bond donors (Lipinski definition) is 0. The maximum atomic E-state index is 10.6. The van der Waals surface area contributed by atoms with Gasteiger partial charge in [-0.15, -0.1) is 0 Å². The Morgan fingerprint density at radius 1 is 1.50 bits per heavy atom. The standard InChI is InChI=1S/C9H10ClOS/c1-6-4-3-5-8(10)9(6)7(2)12-11/h3-5,7H,1-2H3/q+1. The predicted molar refractivity (Wildman–Crippen MR) is 52.7 cm³/mol. The summed E-state index contributed by atoms with van der Waals surface area (Å²) >= 11 is 6.52. The minimum Gasteiger partial charge on any atom is -0.0838 e. The fourth-order valence-electron chi connectivity index (χ4n) is 1.21. The minimum absolute atomic E-state index is 0.0706. The fourth-order valence-corrected chi connectivity index (χ4v) is 2.07. The highest BCUT2D eigenvalue weighted by atomic mass is 35.5. The van der Waals surface area contributed by atoms with Gasteiger partial charge >= 0.3 is 11.7 Å². The van der Waals surface area contributed by atoms with E-state index in [9.17, 15) is 4.21 Å². The normalized spacial score (nSPS) is 12.6. The van der Waals surface area contributed by atoms with Crippen LogP contribution in [0.25, 0.3) is 0 Å². The zero-order valence-corrected chi connectivity index (χ0v) is 8.58. The monoisotopic (exact) mass is 201 g/mol. The molecule has 64 valence electrons. The van der Waals surface area contributed by atoms with Gasteiger partial charge in [0.1, 0.15) is 0 Å². The molecule has 0 fully saturated rings. The quantitative estimate of drug-likeness (QED) is 0.672. The van der Waals surface area contributed by atoms with Crippen molar-refractivity contribution in [1.29, 1.82) is 0 Å². The average Bonchev–Trinajstić information content (AvgIpc) is 2.03. The van der Waals surface area contributed by atoms with E-state index in [1.54, 1.807) is 0 Å². The molecule has 0 aliphatic carbocycles. The number of halogens is 1. The van der Waals surface area contributed by atoms with Crippen LogP contribution in [0.3, 0.4) is 0 Å². The van der Waals surface area contributed by atoms with Crippen molar-refractivity contribution in [3.63, 3.8) is 0 Å². The Hall–Kier alpha value is -0.470. The molecule has 1 unspecified atom stereocenters. The van der Waals surface area contributed by atoms with Crippen LogP contribution in [0.2, 0.25) is 5.02 Å². The average molecular weight is 202 g/mol. The predicted octanol–water partition coefficient (Wildman–Crippen LogP) is 3.14. The Kier molecular flexibility index (Phi) is 3.18. The lowest BCUT2D eigenvalue weighted by Crippen LogP contribution is -1.95. The first-order valence-corrected chi connectivity index (χ1v) is 4.88. The SMILES string of the molecule is Cc1cccc(Cl)c1C(C)[S+]=O. The van der Waals surface area contributed by atoms with Crippen molar-refractivity contribution in [2.75, 3.05) is 0 Å². The second kappa shape index (κ2) is 3.97. The first kappa shape index (κ1) is 9.62. The van der Waals surface area contributed by atoms with Gasteiger partial charge in [-0.1, -0.05) is 23.7 Å². The highest BCUT2D eigenvalue weighted by Crippen LogP contribution is 2.26. The third-order valence-corrected chi connectivity index (χ3v) is 2.68. The van der Waals surface area contributed by atoms with Gasteiger partial charge < -0.3 is 0 Å². The summed E-state index contributed by atoms with van der Waals surface area (Å²) in [6, 6.07) is 5.67. The van der Waals surface area contributed by atoms with Crippen molar-refractivity contribution in [3.8, 4) is 0 Å². The summed E-state index contributed by atoms with van der Waals surface area (Å²) in [4.78, 5) is 0. The lowest BCUT2D eigenvalue weighted by molar-refractivity contribution is 0.600. The second-order valence-corrected chi connectivity index (χ2v) is 4.02. The highest BCUT2D eigenvalue weighted by molar-refractivity contribution is 7.65. The summed E-state index contributed by atoms with van der Waals surface area (Å²) in [6.07, 6.45) is 0. The molecule has 0 bridgehead atoms. The molecule has 12 heavy (non-hydrogen) atoms. The van der Waals surface area contributed by atoms with Gasteiger partial charge in [0.25, 0.3) is 5.25 Å². The zero-order valence-electron chi connectivity index (χ0n) is 7.00. The van der Waals surface area contributed by atoms with Gasteiger partial charge in [0.2, 0.25) is 0 Å². The molecule has 0 aliphatic rings. The Bertz CT molecular complexity index is 278. The van der Waals surface area contributed by atoms with E-state index >= 15 is 0 Å². The van der Waals surface area contributed by atoms with Crippen molar-refractivity contribution < 1.29 is 4.21 Å². The molecule has 3 heteroatoms. The van der Waals surface area contributed by atoms with E-state index in [4.69, 9.17) is 11.6 Å². The van der Waals surface area contributed by atoms with Gasteiger partial charge in [0.15, 0.2) is 0 Å². The first-order valence-electron chi connectivity index (χ1n) is 3.70. The number of benzene rings is 1. The van der Waals surface area contributed by atoms with Crippen molar-refractivity contribution in [3.05, 3.63) is 34.3 Å². The van der Waals surface area contributed by atoms with Crippen molar-refractivity contribution in [2.45, 2.75) is 19.1 Å². The van der Waals surface area contributed by atoms with Crippen LogP contribution in [-0.4, -0.2) is 0 Å². The van der Waals surface area contributed by atoms with E-state index < -0.39 is 0 Å². The first-order chi connectivity index (χ1) is 5.66. The van der Waals surface area contributed by atoms with E-state index in [1.807, 2.05) is 32.0 Å². The summed E-state index contributed by atoms with van der Waals surface area (Å²) in [6.45, 7) is 3.83. The van der Waals surface area contributed by atoms with Gasteiger partial charge in [-0.3, -0.25) is 0 Å². The molecule has 0 spiro atoms. The van der Waals surface area contributed by atoms with Gasteiger partial charge in [-0.25, -0.2) is 0 Å². The lowest BCUT2D eigenvalue weighted by atomic mass is 10.1. The summed E-state index contributed by atoms with van der Waals surface area (Å²) < 4.78 is 10.6. The second-order valence-electron chi connectivity index (χ2n) is 2.71. The Balaban J connectivity index is 3.20. The Morgan fingerprint density at radius 2 is 2.17 bits per heavy atom. The van der Waals surface area contributed by atoms with Gasteiger partial charge in [-0.05, 0) is 18.6 Å². The molecule has 0 radical (unpaired) electrons. The summed E-state index contributed by atoms with van der Waals surface area (Å²) in [5.74, 6) is 0. The maximum absolute atomic E-state index is 10.6. The molecule has 0 saturated heterocycles. The van der Waals surface area contributed by atoms with E-state index in [1.165, 1.54) is 0 Å². The molecule has 1 rings (SSSR count). The molecular weight excluding hydrogens is 192 g/mol. The molecule has 1 aromatic carbocycles. The molecule has 0 aliphatic heterocycles. The fraction of sp³-hybridized carbons (Fsp3) is 0.333. The van der Waals surface area contributed by atoms with Crippen LogP contribution in [-0.2, 0) is 15.9 Å². The molecule has 0 amide bonds. The van der Waals surface area contributed by atoms with E-state index in [2.05, 4.69) is 0 Å². The third-order valence-electron chi connectivity index (χ3n) is 1.82. The molecule has 0 heterocycles. The van der Waals surface area contributed by atoms with Gasteiger partial charge in [0, 0.05) is 21.7 Å². The Morgan fingerprint density at radius 3 is 2.67 bits per heavy atom. The van der Waals surface area contributed by atoms with Crippen LogP contribution in [0.15, 0.2) is 18.2 Å². The lowest BCUT2D eigenvalue weighted by Gasteiger charge is -2.02. The molecule has 0 N–H and O–H groups in total. The summed E-state index contributed by atoms with van der Waals surface area (Å²) in [5, 5.41) is 0.615. The van der Waals surface area contributed by atoms with Crippen LogP contribution in [0.4, 0.5) is 0 Å². The maximum Gasteiger partial charge on any atom is 0.466 e. The smallest absolute Gasteiger partial charge is 0.0838 e. The number of rotatable bonds is 2. The molecule has 1 atom stereocenters. The molecule has 0 aromatic heterocycles. The van der Waals surface area contributed by atoms with Crippen molar-refractivity contribution >= 4 is 23.3 Å². The number of hydrogen-bond acceptors (Lipinski definition) is 1. The van der Waals surface area contributed by atoms with Crippen LogP contribution in [0.1, 0.15) is 23.3 Å². The zero-order chi connectivity index (χ0) is 9.14. The van der Waals surface area contributed by atoms with Crippen LogP contribution in [0, 0.1) is 6.92 Å². The summed E-state index contributed by atoms with van der Waals surface area (Å²) in [5.41, 5.74) is 2.04. The third kappa shape index (κ3) is 1.82. The molecule has 0 saturated carbocycles. The van der Waals surface area contributed by atoms with Crippen LogP contribution in [0.5, 0.6) is 0 Å². The Labute approximate surface area is 81.2 Å². The van der Waals surface area contributed by atoms with Gasteiger partial charge in [-0.2, -0.15) is 0 Å².